The fraction of sp³-hybridized carbons (Fsp3) is 0.250. The van der Waals surface area contributed by atoms with Crippen LogP contribution in [0.15, 0.2) is 194 Å². The lowest BCUT2D eigenvalue weighted by atomic mass is 9.60. The predicted octanol–water partition coefficient (Wildman–Crippen LogP) is 22.3. The maximum atomic E-state index is 2.77. The molecule has 2 nitrogen and oxygen atoms in total. The van der Waals surface area contributed by atoms with E-state index in [9.17, 15) is 0 Å². The number of rotatable bonds is 6. The van der Waals surface area contributed by atoms with Crippen LogP contribution in [-0.4, -0.2) is 11.1 Å². The summed E-state index contributed by atoms with van der Waals surface area (Å²) < 4.78 is 0. The largest absolute Gasteiger partial charge is 0.334 e. The van der Waals surface area contributed by atoms with Crippen molar-refractivity contribution in [3.8, 4) is 44.5 Å². The van der Waals surface area contributed by atoms with Crippen LogP contribution < -0.4 is 9.80 Å². The van der Waals surface area contributed by atoms with Gasteiger partial charge in [-0.2, -0.15) is 0 Å². The van der Waals surface area contributed by atoms with E-state index < -0.39 is 0 Å². The van der Waals surface area contributed by atoms with Crippen LogP contribution in [0.5, 0.6) is 0 Å². The molecule has 4 aliphatic rings. The Balaban J connectivity index is 1.04. The Kier molecular flexibility index (Phi) is 10.7. The minimum absolute atomic E-state index is 0.0398. The number of hydrogen-bond donors (Lipinski definition) is 0. The molecule has 2 fully saturated rings. The van der Waals surface area contributed by atoms with Gasteiger partial charge in [-0.1, -0.05) is 185 Å². The van der Waals surface area contributed by atoms with Crippen LogP contribution in [0.2, 0.25) is 0 Å². The monoisotopic (exact) mass is 1060 g/mol. The molecule has 0 spiro atoms. The van der Waals surface area contributed by atoms with E-state index in [4.69, 9.17) is 0 Å². The summed E-state index contributed by atoms with van der Waals surface area (Å²) >= 11 is 0. The highest BCUT2D eigenvalue weighted by molar-refractivity contribution is 6.33. The number of nitrogens with zero attached hydrogens (tertiary/aromatic N) is 2. The summed E-state index contributed by atoms with van der Waals surface area (Å²) in [6.07, 6.45) is 9.66. The van der Waals surface area contributed by atoms with Gasteiger partial charge < -0.3 is 9.80 Å². The van der Waals surface area contributed by atoms with Crippen LogP contribution in [0.25, 0.3) is 98.4 Å². The Morgan fingerprint density at radius 1 is 0.305 bits per heavy atom. The maximum absolute atomic E-state index is 2.77. The lowest BCUT2D eigenvalue weighted by Crippen LogP contribution is -2.54. The van der Waals surface area contributed by atoms with Gasteiger partial charge in [0.25, 0.3) is 0 Å². The Morgan fingerprint density at radius 2 is 0.646 bits per heavy atom. The SMILES string of the molecule is Cc1cc(-c2cc(-c3cccc4ccccc34)c3ccc4c(-c5cc(C)c6c(c5C)C5(C)CCCCC5(C)N6c5ccccc5)cc(-c5cccc6ccccc56)c5ccc2c3c45)c(C)c2c1N(c1ccccc1)C1(C)CCCCC21C. The molecule has 0 radical (unpaired) electrons. The van der Waals surface area contributed by atoms with Gasteiger partial charge in [0.1, 0.15) is 0 Å². The van der Waals surface area contributed by atoms with Crippen LogP contribution in [0.3, 0.4) is 0 Å². The Hall–Kier alpha value is -8.20. The molecule has 0 aromatic heterocycles. The summed E-state index contributed by atoms with van der Waals surface area (Å²) in [7, 11) is 0. The van der Waals surface area contributed by atoms with Crippen LogP contribution >= 0.6 is 0 Å². The van der Waals surface area contributed by atoms with Gasteiger partial charge in [0.15, 0.2) is 0 Å². The topological polar surface area (TPSA) is 6.48 Å². The minimum Gasteiger partial charge on any atom is -0.334 e. The number of aryl methyl sites for hydroxylation is 2. The number of anilines is 4. The summed E-state index contributed by atoms with van der Waals surface area (Å²) in [5.74, 6) is 0. The minimum atomic E-state index is -0.0603. The third-order valence-electron chi connectivity index (χ3n) is 22.3. The second-order valence-electron chi connectivity index (χ2n) is 26.2. The van der Waals surface area contributed by atoms with Gasteiger partial charge >= 0.3 is 0 Å². The normalized spacial score (nSPS) is 22.1. The maximum Gasteiger partial charge on any atom is 0.0518 e. The van der Waals surface area contributed by atoms with Crippen molar-refractivity contribution in [1.29, 1.82) is 0 Å². The first-order valence-corrected chi connectivity index (χ1v) is 30.6. The molecule has 4 unspecified atom stereocenters. The quantitative estimate of drug-likeness (QED) is 0.153. The number of para-hydroxylation sites is 2. The molecule has 2 saturated carbocycles. The van der Waals surface area contributed by atoms with Crippen molar-refractivity contribution >= 4 is 76.6 Å². The summed E-state index contributed by atoms with van der Waals surface area (Å²) in [5, 5.41) is 13.0. The van der Waals surface area contributed by atoms with E-state index in [-0.39, 0.29) is 21.9 Å². The fourth-order valence-corrected chi connectivity index (χ4v) is 18.1. The van der Waals surface area contributed by atoms with E-state index in [0.29, 0.717) is 0 Å². The molecule has 4 atom stereocenters. The molecule has 0 saturated heterocycles. The third-order valence-corrected chi connectivity index (χ3v) is 22.3. The predicted molar refractivity (Wildman–Crippen MR) is 351 cm³/mol. The van der Waals surface area contributed by atoms with E-state index in [2.05, 4.69) is 259 Å². The highest BCUT2D eigenvalue weighted by Gasteiger charge is 2.60. The molecule has 0 amide bonds. The van der Waals surface area contributed by atoms with Crippen molar-refractivity contribution in [3.63, 3.8) is 0 Å². The van der Waals surface area contributed by atoms with Crippen LogP contribution in [0.1, 0.15) is 112 Å². The number of benzene rings is 12. The van der Waals surface area contributed by atoms with Gasteiger partial charge in [-0.15, -0.1) is 0 Å². The average Bonchev–Trinajstić information content (AvgIpc) is 2.19. The molecule has 2 heteroatoms. The van der Waals surface area contributed by atoms with E-state index in [1.165, 1.54) is 195 Å². The van der Waals surface area contributed by atoms with Crippen molar-refractivity contribution in [3.05, 3.63) is 228 Å². The van der Waals surface area contributed by atoms with Crippen molar-refractivity contribution in [2.24, 2.45) is 0 Å². The van der Waals surface area contributed by atoms with Gasteiger partial charge in [0.05, 0.1) is 11.1 Å². The molecule has 16 rings (SSSR count). The fourth-order valence-electron chi connectivity index (χ4n) is 18.1. The first-order chi connectivity index (χ1) is 39.8. The molecule has 2 heterocycles. The highest BCUT2D eigenvalue weighted by Crippen LogP contribution is 2.66. The standard InChI is InChI=1S/C80H72N2/c1-49-45-65(51(3)73-75(49)81(55-29-11-9-12-30-55)79(7)43-21-19-41-77(73,79)5)69-47-67(59-35-23-27-53-25-15-17-33-57(53)59)61-38-40-64-70(48-68(62-37-39-63(69)71(61)72(62)64)60-36-24-28-54-26-16-18-34-58(54)60)66-46-50(2)76-74(52(66)4)78(6)42-20-22-44-80(78,8)82(76)56-31-13-10-14-32-56/h9-18,23-40,45-48H,19-22,41-44H2,1-8H3. The molecule has 82 heavy (non-hydrogen) atoms. The molecule has 2 aliphatic heterocycles. The molecule has 12 aromatic rings. The Labute approximate surface area is 484 Å². The number of fused-ring (bicyclic) bond motifs is 8. The van der Waals surface area contributed by atoms with Crippen molar-refractivity contribution in [1.82, 2.24) is 0 Å². The van der Waals surface area contributed by atoms with E-state index in [1.807, 2.05) is 0 Å². The average molecular weight is 1060 g/mol. The first kappa shape index (κ1) is 49.6. The third kappa shape index (κ3) is 6.47. The first-order valence-electron chi connectivity index (χ1n) is 30.6. The van der Waals surface area contributed by atoms with E-state index >= 15 is 0 Å². The zero-order chi connectivity index (χ0) is 55.6. The molecule has 12 aromatic carbocycles. The summed E-state index contributed by atoms with van der Waals surface area (Å²) in [5.41, 5.74) is 24.4. The summed E-state index contributed by atoms with van der Waals surface area (Å²) in [4.78, 5) is 5.54. The van der Waals surface area contributed by atoms with Gasteiger partial charge in [-0.25, -0.2) is 0 Å². The van der Waals surface area contributed by atoms with Crippen LogP contribution in [0, 0.1) is 27.7 Å². The highest BCUT2D eigenvalue weighted by atomic mass is 15.3. The molecule has 402 valence electrons. The Bertz CT molecular complexity index is 4340. The number of hydrogen-bond acceptors (Lipinski definition) is 2. The van der Waals surface area contributed by atoms with Gasteiger partial charge in [-0.05, 0) is 248 Å². The van der Waals surface area contributed by atoms with Crippen molar-refractivity contribution in [2.75, 3.05) is 9.80 Å². The van der Waals surface area contributed by atoms with Crippen LogP contribution in [0.4, 0.5) is 22.7 Å². The zero-order valence-electron chi connectivity index (χ0n) is 49.0. The molecule has 0 N–H and O–H groups in total. The lowest BCUT2D eigenvalue weighted by Gasteiger charge is -2.50. The smallest absolute Gasteiger partial charge is 0.0518 e. The van der Waals surface area contributed by atoms with Gasteiger partial charge in [0, 0.05) is 33.6 Å². The van der Waals surface area contributed by atoms with Gasteiger partial charge in [0.2, 0.25) is 0 Å². The summed E-state index contributed by atoms with van der Waals surface area (Å²) in [6, 6.07) is 74.9. The molecular weight excluding hydrogens is 989 g/mol. The van der Waals surface area contributed by atoms with Crippen molar-refractivity contribution < 1.29 is 0 Å². The lowest BCUT2D eigenvalue weighted by molar-refractivity contribution is 0.194. The second-order valence-corrected chi connectivity index (χ2v) is 26.2. The second kappa shape index (κ2) is 17.7. The summed E-state index contributed by atoms with van der Waals surface area (Å²) in [6.45, 7) is 20.1. The Morgan fingerprint density at radius 3 is 1.05 bits per heavy atom. The van der Waals surface area contributed by atoms with Crippen LogP contribution in [-0.2, 0) is 10.8 Å². The van der Waals surface area contributed by atoms with Crippen molar-refractivity contribution in [2.45, 2.75) is 129 Å². The van der Waals surface area contributed by atoms with Gasteiger partial charge in [-0.3, -0.25) is 0 Å². The molecule has 2 aliphatic carbocycles. The molecular formula is C80H72N2. The van der Waals surface area contributed by atoms with E-state index in [1.54, 1.807) is 11.1 Å². The van der Waals surface area contributed by atoms with E-state index in [0.717, 1.165) is 0 Å². The zero-order valence-corrected chi connectivity index (χ0v) is 49.0. The molecule has 0 bridgehead atoms.